The molecule has 0 aliphatic rings. The van der Waals surface area contributed by atoms with Crippen LogP contribution in [-0.4, -0.2) is 88.0 Å². The van der Waals surface area contributed by atoms with E-state index < -0.39 is 83.1 Å². The number of carboxylic acids is 6. The van der Waals surface area contributed by atoms with E-state index in [9.17, 15) is 49.2 Å². The lowest BCUT2D eigenvalue weighted by molar-refractivity contribution is -0.154. The number of aliphatic carboxylic acids is 6. The van der Waals surface area contributed by atoms with Gasteiger partial charge in [-0.05, 0) is 0 Å². The summed E-state index contributed by atoms with van der Waals surface area (Å²) >= 11 is 0. The second-order valence-corrected chi connectivity index (χ2v) is 9.04. The summed E-state index contributed by atoms with van der Waals surface area (Å²) in [7, 11) is 0.601. The van der Waals surface area contributed by atoms with E-state index >= 15 is 0 Å². The first kappa shape index (κ1) is 27.4. The third-order valence-electron chi connectivity index (χ3n) is 3.93. The maximum absolute atomic E-state index is 11.8. The summed E-state index contributed by atoms with van der Waals surface area (Å²) in [6.07, 6.45) is -4.83. The maximum Gasteiger partial charge on any atom is 0.325 e. The second kappa shape index (κ2) is 10.5. The van der Waals surface area contributed by atoms with E-state index in [4.69, 9.17) is 21.7 Å². The molecule has 0 fully saturated rings. The molecular weight excluding hydrogens is 452 g/mol. The highest BCUT2D eigenvalue weighted by atomic mass is 33.1. The van der Waals surface area contributed by atoms with Crippen molar-refractivity contribution in [2.45, 2.75) is 41.5 Å². The molecule has 0 spiro atoms. The van der Waals surface area contributed by atoms with Gasteiger partial charge in [-0.25, -0.2) is 0 Å². The molecule has 2 atom stereocenters. The molecule has 0 bridgehead atoms. The molecule has 0 heterocycles. The Balaban J connectivity index is 6.22. The Bertz CT molecular complexity index is 728. The molecule has 30 heavy (non-hydrogen) atoms. The van der Waals surface area contributed by atoms with Crippen LogP contribution in [0.3, 0.4) is 0 Å². The molecule has 0 saturated carbocycles. The van der Waals surface area contributed by atoms with E-state index in [1.807, 2.05) is 0 Å². The van der Waals surface area contributed by atoms with Gasteiger partial charge in [0, 0.05) is 5.75 Å². The topological polar surface area (TPSA) is 276 Å². The number of rotatable bonds is 15. The van der Waals surface area contributed by atoms with Gasteiger partial charge in [-0.15, -0.1) is 0 Å². The first-order valence-corrected chi connectivity index (χ1v) is 10.1. The molecule has 0 unspecified atom stereocenters. The Morgan fingerprint density at radius 1 is 0.633 bits per heavy atom. The van der Waals surface area contributed by atoms with Gasteiger partial charge in [0.25, 0.3) is 0 Å². The standard InChI is InChI=1S/C14H20N2O12S2/c15-12(10(25)26,1-6(17)18)5-29-30-13(2-7(19)20,3-8(21)22)14(16,11(27)28)4-9(23)24/h1-5,15-16H2,(H,17,18)(H,19,20)(H,21,22)(H,23,24)(H,25,26)(H,27,28)/t12-,14+/m0/s1. The van der Waals surface area contributed by atoms with E-state index in [0.29, 0.717) is 10.8 Å². The smallest absolute Gasteiger partial charge is 0.325 e. The lowest BCUT2D eigenvalue weighted by atomic mass is 9.76. The van der Waals surface area contributed by atoms with E-state index in [-0.39, 0.29) is 10.8 Å². The van der Waals surface area contributed by atoms with Crippen LogP contribution in [0.2, 0.25) is 0 Å². The zero-order valence-corrected chi connectivity index (χ0v) is 16.8. The number of carbonyl (C=O) groups is 6. The third kappa shape index (κ3) is 7.05. The summed E-state index contributed by atoms with van der Waals surface area (Å²) in [6.45, 7) is 0. The number of hydrogen-bond donors (Lipinski definition) is 8. The predicted octanol–water partition coefficient (Wildman–Crippen LogP) is -1.43. The minimum Gasteiger partial charge on any atom is -0.481 e. The van der Waals surface area contributed by atoms with Crippen molar-refractivity contribution in [1.29, 1.82) is 0 Å². The van der Waals surface area contributed by atoms with Crippen LogP contribution < -0.4 is 11.5 Å². The Morgan fingerprint density at radius 2 is 1.03 bits per heavy atom. The third-order valence-corrected chi connectivity index (χ3v) is 7.31. The van der Waals surface area contributed by atoms with E-state index in [0.717, 1.165) is 0 Å². The summed E-state index contributed by atoms with van der Waals surface area (Å²) in [5.41, 5.74) is 5.99. The molecule has 0 rings (SSSR count). The fourth-order valence-electron chi connectivity index (χ4n) is 2.38. The van der Waals surface area contributed by atoms with Crippen LogP contribution in [0, 0.1) is 0 Å². The number of carboxylic acid groups (broad SMARTS) is 6. The lowest BCUT2D eigenvalue weighted by Crippen LogP contribution is -2.66. The van der Waals surface area contributed by atoms with E-state index in [1.54, 1.807) is 0 Å². The summed E-state index contributed by atoms with van der Waals surface area (Å²) in [5.74, 6) is -11.2. The fraction of sp³-hybridized carbons (Fsp3) is 0.571. The minimum absolute atomic E-state index is 0.224. The monoisotopic (exact) mass is 472 g/mol. The van der Waals surface area contributed by atoms with Crippen LogP contribution >= 0.6 is 21.6 Å². The highest BCUT2D eigenvalue weighted by Gasteiger charge is 2.58. The average molecular weight is 472 g/mol. The van der Waals surface area contributed by atoms with Crippen molar-refractivity contribution in [2.24, 2.45) is 11.5 Å². The Kier molecular flexibility index (Phi) is 9.57. The van der Waals surface area contributed by atoms with Gasteiger partial charge in [0.05, 0.1) is 30.4 Å². The zero-order chi connectivity index (χ0) is 23.9. The van der Waals surface area contributed by atoms with Gasteiger partial charge in [-0.2, -0.15) is 0 Å². The molecule has 0 aromatic heterocycles. The second-order valence-electron chi connectivity index (χ2n) is 6.36. The molecule has 16 heteroatoms. The van der Waals surface area contributed by atoms with Crippen LogP contribution in [0.4, 0.5) is 0 Å². The minimum atomic E-state index is -2.90. The van der Waals surface area contributed by atoms with Crippen molar-refractivity contribution >= 4 is 57.4 Å². The van der Waals surface area contributed by atoms with Crippen molar-refractivity contribution in [3.63, 3.8) is 0 Å². The van der Waals surface area contributed by atoms with Crippen LogP contribution in [-0.2, 0) is 28.8 Å². The summed E-state index contributed by atoms with van der Waals surface area (Å²) in [6, 6.07) is 0. The Hall–Kier alpha value is -2.56. The van der Waals surface area contributed by atoms with Crippen LogP contribution in [0.25, 0.3) is 0 Å². The van der Waals surface area contributed by atoms with Crippen molar-refractivity contribution < 1.29 is 59.4 Å². The zero-order valence-electron chi connectivity index (χ0n) is 15.1. The lowest BCUT2D eigenvalue weighted by Gasteiger charge is -2.42. The Labute approximate surface area is 176 Å². The highest BCUT2D eigenvalue weighted by Crippen LogP contribution is 2.49. The molecule has 14 nitrogen and oxygen atoms in total. The van der Waals surface area contributed by atoms with Gasteiger partial charge in [0.2, 0.25) is 0 Å². The van der Waals surface area contributed by atoms with Gasteiger partial charge < -0.3 is 42.1 Å². The fourth-order valence-corrected chi connectivity index (χ4v) is 6.05. The summed E-state index contributed by atoms with van der Waals surface area (Å²) in [4.78, 5) is 67.9. The molecule has 170 valence electrons. The first-order valence-electron chi connectivity index (χ1n) is 7.74. The van der Waals surface area contributed by atoms with Crippen LogP contribution in [0.5, 0.6) is 0 Å². The molecule has 0 amide bonds. The molecule has 0 radical (unpaired) electrons. The molecule has 0 aromatic carbocycles. The van der Waals surface area contributed by atoms with Crippen molar-refractivity contribution in [2.75, 3.05) is 5.75 Å². The average Bonchev–Trinajstić information content (AvgIpc) is 2.51. The molecule has 10 N–H and O–H groups in total. The number of hydrogen-bond acceptors (Lipinski definition) is 10. The van der Waals surface area contributed by atoms with Crippen molar-refractivity contribution in [3.8, 4) is 0 Å². The van der Waals surface area contributed by atoms with Crippen LogP contribution in [0.1, 0.15) is 25.7 Å². The SMILES string of the molecule is N[C@](CSSC(CC(=O)O)(CC(=O)O)[C@@](N)(CC(=O)O)C(=O)O)(CC(=O)O)C(=O)O. The summed E-state index contributed by atoms with van der Waals surface area (Å²) in [5, 5.41) is 54.9. The molecule has 0 saturated heterocycles. The van der Waals surface area contributed by atoms with Crippen molar-refractivity contribution in [1.82, 2.24) is 0 Å². The number of nitrogens with two attached hydrogens (primary N) is 2. The summed E-state index contributed by atoms with van der Waals surface area (Å²) < 4.78 is -2.47. The van der Waals surface area contributed by atoms with Gasteiger partial charge in [-0.3, -0.25) is 28.8 Å². The largest absolute Gasteiger partial charge is 0.481 e. The quantitative estimate of drug-likeness (QED) is 0.127. The maximum atomic E-state index is 11.8. The molecule has 0 aliphatic heterocycles. The predicted molar refractivity (Wildman–Crippen MR) is 101 cm³/mol. The van der Waals surface area contributed by atoms with E-state index in [2.05, 4.69) is 0 Å². The molecule has 0 aromatic rings. The normalized spacial score (nSPS) is 15.4. The first-order chi connectivity index (χ1) is 13.5. The van der Waals surface area contributed by atoms with Gasteiger partial charge in [-0.1, -0.05) is 21.6 Å². The highest BCUT2D eigenvalue weighted by molar-refractivity contribution is 8.77. The van der Waals surface area contributed by atoms with Gasteiger partial charge in [0.1, 0.15) is 11.1 Å². The van der Waals surface area contributed by atoms with Gasteiger partial charge in [0.15, 0.2) is 0 Å². The molecule has 0 aliphatic carbocycles. The van der Waals surface area contributed by atoms with Crippen molar-refractivity contribution in [3.05, 3.63) is 0 Å². The van der Waals surface area contributed by atoms with Gasteiger partial charge >= 0.3 is 35.8 Å². The van der Waals surface area contributed by atoms with Crippen LogP contribution in [0.15, 0.2) is 0 Å². The molecular formula is C14H20N2O12S2. The van der Waals surface area contributed by atoms with E-state index in [1.165, 1.54) is 0 Å². The Morgan fingerprint density at radius 3 is 1.33 bits per heavy atom.